The minimum Gasteiger partial charge on any atom is -0.444 e. The first-order chi connectivity index (χ1) is 25.4. The summed E-state index contributed by atoms with van der Waals surface area (Å²) >= 11 is 0. The summed E-state index contributed by atoms with van der Waals surface area (Å²) in [5, 5.41) is 5.16. The van der Waals surface area contributed by atoms with Gasteiger partial charge in [-0.15, -0.1) is 6.58 Å². The van der Waals surface area contributed by atoms with Crippen LogP contribution in [-0.2, 0) is 42.2 Å². The maximum absolute atomic E-state index is 14.7. The van der Waals surface area contributed by atoms with E-state index in [1.807, 2.05) is 24.3 Å². The molecule has 0 radical (unpaired) electrons. The third kappa shape index (κ3) is 7.67. The molecule has 7 rings (SSSR count). The number of carbonyl (C=O) groups excluding carboxylic acids is 5. The largest absolute Gasteiger partial charge is 0.444 e. The molecule has 5 atom stereocenters. The summed E-state index contributed by atoms with van der Waals surface area (Å²) in [4.78, 5) is 74.3. The lowest BCUT2D eigenvalue weighted by Crippen LogP contribution is -2.60. The van der Waals surface area contributed by atoms with Gasteiger partial charge in [0.25, 0.3) is 5.91 Å². The van der Waals surface area contributed by atoms with Crippen LogP contribution < -0.4 is 15.4 Å². The zero-order valence-electron chi connectivity index (χ0n) is 30.3. The van der Waals surface area contributed by atoms with Crippen molar-refractivity contribution in [1.29, 1.82) is 0 Å². The van der Waals surface area contributed by atoms with Crippen molar-refractivity contribution in [3.63, 3.8) is 0 Å². The predicted molar refractivity (Wildman–Crippen MR) is 195 cm³/mol. The standard InChI is InChI=1S/C38H50N6O8S/c1-3-27-20-38(27,35(47)41-53(50,51)29-16-17-29)40-33(45)31-19-28-22-44(31)34(46)32(25-12-6-4-7-13-25)39-36(48)42(2)18-9-5-8-11-24-14-10-15-26-21-43(23-30(24)26)37(49)52-28/h3,8,10-11,14-15,25,27-29,31-32H,1,4-7,9,12-13,16-23H2,2H3,(H,39,48)(H,40,45)(H,41,47)/b11-8+/t27-,28-,31+,32+,38-/m1/s1. The minimum atomic E-state index is -3.90. The van der Waals surface area contributed by atoms with Crippen molar-refractivity contribution < 1.29 is 37.1 Å². The zero-order chi connectivity index (χ0) is 37.5. The van der Waals surface area contributed by atoms with Gasteiger partial charge in [0.1, 0.15) is 23.7 Å². The van der Waals surface area contributed by atoms with Gasteiger partial charge >= 0.3 is 12.1 Å². The van der Waals surface area contributed by atoms with E-state index < -0.39 is 74.8 Å². The third-order valence-electron chi connectivity index (χ3n) is 11.8. The Hall–Kier alpha value is -4.40. The minimum absolute atomic E-state index is 0.0415. The van der Waals surface area contributed by atoms with Crippen molar-refractivity contribution in [3.8, 4) is 0 Å². The average molecular weight is 751 g/mol. The van der Waals surface area contributed by atoms with Crippen LogP contribution in [0.3, 0.4) is 0 Å². The molecule has 3 N–H and O–H groups in total. The Morgan fingerprint density at radius 1 is 1.06 bits per heavy atom. The third-order valence-corrected chi connectivity index (χ3v) is 13.6. The molecule has 1 aromatic carbocycles. The Morgan fingerprint density at radius 3 is 2.55 bits per heavy atom. The topological polar surface area (TPSA) is 175 Å². The molecule has 15 heteroatoms. The van der Waals surface area contributed by atoms with E-state index in [2.05, 4.69) is 28.0 Å². The summed E-state index contributed by atoms with van der Waals surface area (Å²) in [5.41, 5.74) is 1.49. The monoisotopic (exact) mass is 750 g/mol. The molecule has 4 bridgehead atoms. The fourth-order valence-electron chi connectivity index (χ4n) is 8.37. The number of amides is 6. The van der Waals surface area contributed by atoms with Crippen molar-refractivity contribution in [2.24, 2.45) is 11.8 Å². The van der Waals surface area contributed by atoms with Gasteiger partial charge < -0.3 is 25.2 Å². The number of carbonyl (C=O) groups is 5. The van der Waals surface area contributed by atoms with Crippen LogP contribution in [0.1, 0.15) is 87.3 Å². The van der Waals surface area contributed by atoms with Crippen LogP contribution in [0.15, 0.2) is 36.9 Å². The van der Waals surface area contributed by atoms with Crippen LogP contribution in [0, 0.1) is 11.8 Å². The normalized spacial score (nSPS) is 30.4. The molecule has 0 aromatic heterocycles. The van der Waals surface area contributed by atoms with Gasteiger partial charge in [0.15, 0.2) is 0 Å². The maximum Gasteiger partial charge on any atom is 0.410 e. The molecule has 14 nitrogen and oxygen atoms in total. The van der Waals surface area contributed by atoms with Crippen molar-refractivity contribution >= 4 is 45.9 Å². The van der Waals surface area contributed by atoms with Crippen molar-refractivity contribution in [2.75, 3.05) is 20.1 Å². The molecule has 1 saturated heterocycles. The zero-order valence-corrected chi connectivity index (χ0v) is 31.1. The molecule has 4 fully saturated rings. The molecule has 6 aliphatic rings. The Balaban J connectivity index is 1.18. The molecular formula is C38H50N6O8S. The van der Waals surface area contributed by atoms with Crippen LogP contribution in [0.2, 0.25) is 0 Å². The fraction of sp³-hybridized carbons (Fsp3) is 0.605. The van der Waals surface area contributed by atoms with Crippen LogP contribution in [0.25, 0.3) is 6.08 Å². The second-order valence-corrected chi connectivity index (χ2v) is 17.5. The summed E-state index contributed by atoms with van der Waals surface area (Å²) in [5.74, 6) is -2.65. The molecule has 0 unspecified atom stereocenters. The van der Waals surface area contributed by atoms with E-state index in [9.17, 15) is 32.4 Å². The number of rotatable bonds is 7. The first-order valence-electron chi connectivity index (χ1n) is 19.0. The molecule has 286 valence electrons. The van der Waals surface area contributed by atoms with Crippen molar-refractivity contribution in [3.05, 3.63) is 53.6 Å². The lowest BCUT2D eigenvalue weighted by Gasteiger charge is -2.35. The van der Waals surface area contributed by atoms with Crippen LogP contribution in [0.4, 0.5) is 9.59 Å². The highest BCUT2D eigenvalue weighted by atomic mass is 32.2. The number of hydrogen-bond acceptors (Lipinski definition) is 8. The molecule has 3 aliphatic heterocycles. The Morgan fingerprint density at radius 2 is 1.83 bits per heavy atom. The van der Waals surface area contributed by atoms with Gasteiger partial charge in [-0.25, -0.2) is 18.0 Å². The predicted octanol–water partition coefficient (Wildman–Crippen LogP) is 3.17. The van der Waals surface area contributed by atoms with E-state index >= 15 is 0 Å². The summed E-state index contributed by atoms with van der Waals surface area (Å²) in [6, 6.07) is 3.47. The smallest absolute Gasteiger partial charge is 0.410 e. The number of urea groups is 1. The number of ether oxygens (including phenoxy) is 1. The molecular weight excluding hydrogens is 701 g/mol. The summed E-state index contributed by atoms with van der Waals surface area (Å²) in [6.45, 7) is 4.86. The number of benzene rings is 1. The summed E-state index contributed by atoms with van der Waals surface area (Å²) < 4.78 is 33.6. The SMILES string of the molecule is C=C[C@@H]1C[C@]1(NC(=O)[C@@H]1C[C@@H]2CN1C(=O)[C@H](C1CCCCC1)NC(=O)N(C)CCC/C=C/c1cccc3c1CN(C3)C(=O)O2)C(=O)NS(=O)(=O)C1CC1. The lowest BCUT2D eigenvalue weighted by molar-refractivity contribution is -0.142. The lowest BCUT2D eigenvalue weighted by atomic mass is 9.83. The van der Waals surface area contributed by atoms with Gasteiger partial charge in [0.2, 0.25) is 21.8 Å². The molecule has 3 saturated carbocycles. The Bertz CT molecular complexity index is 1810. The van der Waals surface area contributed by atoms with E-state index in [4.69, 9.17) is 4.74 Å². The van der Waals surface area contributed by atoms with Gasteiger partial charge in [-0.3, -0.25) is 24.0 Å². The van der Waals surface area contributed by atoms with Crippen molar-refractivity contribution in [1.82, 2.24) is 30.1 Å². The summed E-state index contributed by atoms with van der Waals surface area (Å²) in [7, 11) is -2.20. The maximum atomic E-state index is 14.7. The highest BCUT2D eigenvalue weighted by molar-refractivity contribution is 7.91. The highest BCUT2D eigenvalue weighted by Gasteiger charge is 2.62. The van der Waals surface area contributed by atoms with Gasteiger partial charge in [-0.1, -0.05) is 55.7 Å². The van der Waals surface area contributed by atoms with Crippen molar-refractivity contribution in [2.45, 2.75) is 113 Å². The molecule has 3 heterocycles. The fourth-order valence-corrected chi connectivity index (χ4v) is 9.74. The van der Waals surface area contributed by atoms with E-state index in [1.54, 1.807) is 16.8 Å². The molecule has 1 aromatic rings. The average Bonchev–Trinajstić information content (AvgIpc) is 4.04. The van der Waals surface area contributed by atoms with E-state index in [-0.39, 0.29) is 25.3 Å². The first-order valence-corrected chi connectivity index (χ1v) is 20.5. The van der Waals surface area contributed by atoms with Gasteiger partial charge in [0, 0.05) is 32.5 Å². The van der Waals surface area contributed by atoms with Gasteiger partial charge in [0.05, 0.1) is 18.3 Å². The Labute approximate surface area is 310 Å². The molecule has 3 aliphatic carbocycles. The number of allylic oxidation sites excluding steroid dienone is 1. The molecule has 53 heavy (non-hydrogen) atoms. The van der Waals surface area contributed by atoms with Gasteiger partial charge in [-0.05, 0) is 67.6 Å². The quantitative estimate of drug-likeness (QED) is 0.357. The van der Waals surface area contributed by atoms with Crippen LogP contribution in [-0.4, -0.2) is 102 Å². The number of nitrogens with zero attached hydrogens (tertiary/aromatic N) is 3. The second-order valence-electron chi connectivity index (χ2n) is 15.6. The summed E-state index contributed by atoms with van der Waals surface area (Å²) in [6.07, 6.45) is 10.9. The van der Waals surface area contributed by atoms with Crippen LogP contribution >= 0.6 is 0 Å². The number of sulfonamides is 1. The number of nitrogens with one attached hydrogen (secondary N) is 3. The Kier molecular flexibility index (Phi) is 10.3. The molecule has 6 amide bonds. The second kappa shape index (κ2) is 14.8. The molecule has 0 spiro atoms. The number of hydrogen-bond donors (Lipinski definition) is 3. The van der Waals surface area contributed by atoms with Gasteiger partial charge in [-0.2, -0.15) is 0 Å². The van der Waals surface area contributed by atoms with E-state index in [0.717, 1.165) is 55.2 Å². The number of fused-ring (bicyclic) bond motifs is 3. The van der Waals surface area contributed by atoms with E-state index in [0.29, 0.717) is 38.9 Å². The first kappa shape index (κ1) is 36.9. The highest BCUT2D eigenvalue weighted by Crippen LogP contribution is 2.45. The van der Waals surface area contributed by atoms with Crippen LogP contribution in [0.5, 0.6) is 0 Å². The van der Waals surface area contributed by atoms with E-state index in [1.165, 1.54) is 11.0 Å².